The summed E-state index contributed by atoms with van der Waals surface area (Å²) in [6.45, 7) is 6.83. The fourth-order valence-electron chi connectivity index (χ4n) is 4.49. The number of ether oxygens (including phenoxy) is 2. The molecule has 0 bridgehead atoms. The van der Waals surface area contributed by atoms with Crippen molar-refractivity contribution in [1.82, 2.24) is 8.96 Å². The first-order chi connectivity index (χ1) is 20.2. The van der Waals surface area contributed by atoms with Crippen LogP contribution in [0.15, 0.2) is 53.6 Å². The fourth-order valence-corrected chi connectivity index (χ4v) is 5.87. The van der Waals surface area contributed by atoms with Crippen molar-refractivity contribution in [3.63, 3.8) is 0 Å². The van der Waals surface area contributed by atoms with Gasteiger partial charge < -0.3 is 14.8 Å². The van der Waals surface area contributed by atoms with Crippen LogP contribution in [0.25, 0.3) is 22.2 Å². The number of esters is 1. The van der Waals surface area contributed by atoms with Crippen LogP contribution in [0.5, 0.6) is 0 Å². The number of nitrogens with zero attached hydrogens (tertiary/aromatic N) is 3. The summed E-state index contributed by atoms with van der Waals surface area (Å²) in [6.07, 6.45) is 0.776. The lowest BCUT2D eigenvalue weighted by Crippen LogP contribution is -2.45. The molecular weight excluding hydrogens is 585 g/mol. The topological polar surface area (TPSA) is 123 Å². The summed E-state index contributed by atoms with van der Waals surface area (Å²) < 4.78 is 83.5. The minimum absolute atomic E-state index is 0.120. The first-order valence-electron chi connectivity index (χ1n) is 13.1. The molecule has 1 unspecified atom stereocenters. The number of aryl methyl sites for hydroxylation is 1. The molecular formula is C30H29F3N4O5S. The maximum absolute atomic E-state index is 15.3. The van der Waals surface area contributed by atoms with Crippen LogP contribution >= 0.6 is 0 Å². The number of carbonyl (C=O) groups excluding carboxylic acids is 1. The van der Waals surface area contributed by atoms with E-state index in [1.54, 1.807) is 39.8 Å². The fraction of sp³-hybridized carbons (Fsp3) is 0.300. The number of hydrogen-bond acceptors (Lipinski definition) is 8. The van der Waals surface area contributed by atoms with Gasteiger partial charge in [-0.05, 0) is 52.0 Å². The first-order valence-corrected chi connectivity index (χ1v) is 14.6. The molecule has 4 aromatic rings. The monoisotopic (exact) mass is 614 g/mol. The normalized spacial score (nSPS) is 12.6. The van der Waals surface area contributed by atoms with Crippen LogP contribution in [0.4, 0.5) is 19.0 Å². The summed E-state index contributed by atoms with van der Waals surface area (Å²) in [5.41, 5.74) is -1.45. The Kier molecular flexibility index (Phi) is 8.84. The predicted octanol–water partition coefficient (Wildman–Crippen LogP) is 5.70. The number of halogens is 3. The third-order valence-electron chi connectivity index (χ3n) is 7.07. The average molecular weight is 615 g/mol. The van der Waals surface area contributed by atoms with Crippen LogP contribution in [0.3, 0.4) is 0 Å². The minimum atomic E-state index is -4.42. The molecule has 0 spiro atoms. The number of nitriles is 1. The van der Waals surface area contributed by atoms with E-state index in [4.69, 9.17) is 9.47 Å². The molecule has 0 saturated heterocycles. The van der Waals surface area contributed by atoms with E-state index in [0.29, 0.717) is 10.0 Å². The van der Waals surface area contributed by atoms with Crippen molar-refractivity contribution in [2.75, 3.05) is 19.0 Å². The molecule has 4 rings (SSSR count). The van der Waals surface area contributed by atoms with Crippen molar-refractivity contribution in [2.24, 2.45) is 0 Å². The molecule has 9 nitrogen and oxygen atoms in total. The van der Waals surface area contributed by atoms with E-state index in [0.717, 1.165) is 23.9 Å². The average Bonchev–Trinajstić information content (AvgIpc) is 3.34. The van der Waals surface area contributed by atoms with Gasteiger partial charge in [0.2, 0.25) is 0 Å². The lowest BCUT2D eigenvalue weighted by atomic mass is 9.95. The molecule has 2 heterocycles. The second kappa shape index (κ2) is 12.1. The Morgan fingerprint density at radius 1 is 1.14 bits per heavy atom. The summed E-state index contributed by atoms with van der Waals surface area (Å²) in [7, 11) is -3.01. The van der Waals surface area contributed by atoms with Crippen molar-refractivity contribution >= 4 is 32.7 Å². The predicted molar refractivity (Wildman–Crippen MR) is 153 cm³/mol. The van der Waals surface area contributed by atoms with Crippen molar-refractivity contribution < 1.29 is 35.9 Å². The molecule has 13 heteroatoms. The van der Waals surface area contributed by atoms with Crippen LogP contribution < -0.4 is 5.32 Å². The first kappa shape index (κ1) is 31.5. The highest BCUT2D eigenvalue weighted by atomic mass is 32.2. The smallest absolute Gasteiger partial charge is 0.307 e. The maximum atomic E-state index is 15.3. The molecule has 2 aromatic carbocycles. The number of fused-ring (bicyclic) bond motifs is 1. The molecule has 1 atom stereocenters. The van der Waals surface area contributed by atoms with Gasteiger partial charge in [0, 0.05) is 30.3 Å². The van der Waals surface area contributed by atoms with E-state index in [9.17, 15) is 22.9 Å². The van der Waals surface area contributed by atoms with Gasteiger partial charge >= 0.3 is 5.97 Å². The van der Waals surface area contributed by atoms with Gasteiger partial charge in [-0.25, -0.2) is 30.5 Å². The molecule has 226 valence electrons. The van der Waals surface area contributed by atoms with Gasteiger partial charge in [0.05, 0.1) is 40.8 Å². The van der Waals surface area contributed by atoms with Crippen molar-refractivity contribution in [3.8, 4) is 17.3 Å². The standard InChI is InChI=1S/C30H29F3N4O5S/c1-6-42-26(38)14-25(30(3,4)41-5)35-29-24(33)11-18(15-34)27(36-29)22-16-37(28-21(22)12-19(31)13-23(28)32)43(39,40)20-9-7-17(2)8-10-20/h7-13,16,25H,6,14H2,1-5H3,(H,35,36). The molecule has 0 saturated carbocycles. The van der Waals surface area contributed by atoms with E-state index < -0.39 is 56.4 Å². The van der Waals surface area contributed by atoms with Gasteiger partial charge in [-0.2, -0.15) is 5.26 Å². The van der Waals surface area contributed by atoms with E-state index in [1.165, 1.54) is 19.2 Å². The summed E-state index contributed by atoms with van der Waals surface area (Å²) in [4.78, 5) is 16.4. The summed E-state index contributed by atoms with van der Waals surface area (Å²) in [6, 6.07) is 9.06. The van der Waals surface area contributed by atoms with Gasteiger partial charge in [0.25, 0.3) is 10.0 Å². The number of anilines is 1. The molecule has 0 radical (unpaired) electrons. The van der Waals surface area contributed by atoms with Crippen LogP contribution in [-0.2, 0) is 24.3 Å². The van der Waals surface area contributed by atoms with Crippen LogP contribution in [0.1, 0.15) is 38.3 Å². The molecule has 0 aliphatic carbocycles. The molecule has 0 amide bonds. The Labute approximate surface area is 246 Å². The van der Waals surface area contributed by atoms with Crippen molar-refractivity contribution in [3.05, 3.63) is 77.2 Å². The summed E-state index contributed by atoms with van der Waals surface area (Å²) in [5, 5.41) is 12.5. The van der Waals surface area contributed by atoms with Crippen molar-refractivity contribution in [1.29, 1.82) is 5.26 Å². The van der Waals surface area contributed by atoms with Crippen molar-refractivity contribution in [2.45, 2.75) is 50.7 Å². The molecule has 0 aliphatic heterocycles. The largest absolute Gasteiger partial charge is 0.466 e. The van der Waals surface area contributed by atoms with Gasteiger partial charge in [-0.1, -0.05) is 17.7 Å². The Hall–Kier alpha value is -4.41. The minimum Gasteiger partial charge on any atom is -0.466 e. The van der Waals surface area contributed by atoms with Crippen LogP contribution in [0, 0.1) is 35.7 Å². The van der Waals surface area contributed by atoms with Gasteiger partial charge in [-0.15, -0.1) is 0 Å². The molecule has 43 heavy (non-hydrogen) atoms. The number of benzene rings is 2. The highest BCUT2D eigenvalue weighted by Crippen LogP contribution is 2.37. The number of hydrogen-bond donors (Lipinski definition) is 1. The summed E-state index contributed by atoms with van der Waals surface area (Å²) in [5.74, 6) is -4.14. The highest BCUT2D eigenvalue weighted by Gasteiger charge is 2.34. The van der Waals surface area contributed by atoms with Gasteiger partial charge in [0.15, 0.2) is 17.5 Å². The van der Waals surface area contributed by atoms with E-state index in [1.807, 2.05) is 6.07 Å². The third-order valence-corrected chi connectivity index (χ3v) is 8.74. The van der Waals surface area contributed by atoms with E-state index >= 15 is 8.78 Å². The van der Waals surface area contributed by atoms with Gasteiger partial charge in [-0.3, -0.25) is 4.79 Å². The highest BCUT2D eigenvalue weighted by molar-refractivity contribution is 7.90. The number of pyridine rings is 1. The molecule has 1 N–H and O–H groups in total. The van der Waals surface area contributed by atoms with Crippen LogP contribution in [0.2, 0.25) is 0 Å². The SMILES string of the molecule is CCOC(=O)CC(Nc1nc(-c2cn(S(=O)(=O)c3ccc(C)cc3)c3c(F)cc(F)cc23)c(C#N)cc1F)C(C)(C)OC. The number of nitrogens with one attached hydrogen (secondary N) is 1. The number of aromatic nitrogens is 2. The molecule has 0 aliphatic rings. The number of carbonyl (C=O) groups is 1. The maximum Gasteiger partial charge on any atom is 0.307 e. The zero-order valence-corrected chi connectivity index (χ0v) is 24.9. The Balaban J connectivity index is 1.95. The summed E-state index contributed by atoms with van der Waals surface area (Å²) >= 11 is 0. The van der Waals surface area contributed by atoms with E-state index in [-0.39, 0.29) is 40.1 Å². The Morgan fingerprint density at radius 2 is 1.81 bits per heavy atom. The number of rotatable bonds is 10. The molecule has 2 aromatic heterocycles. The molecule has 0 fully saturated rings. The lowest BCUT2D eigenvalue weighted by Gasteiger charge is -2.33. The lowest BCUT2D eigenvalue weighted by molar-refractivity contribution is -0.145. The van der Waals surface area contributed by atoms with Crippen LogP contribution in [-0.4, -0.2) is 48.7 Å². The quantitative estimate of drug-likeness (QED) is 0.226. The van der Waals surface area contributed by atoms with Gasteiger partial charge in [0.1, 0.15) is 17.4 Å². The number of methoxy groups -OCH3 is 1. The zero-order chi connectivity index (χ0) is 31.7. The van der Waals surface area contributed by atoms with E-state index in [2.05, 4.69) is 10.3 Å². The second-order valence-corrected chi connectivity index (χ2v) is 12.1. The Morgan fingerprint density at radius 3 is 2.42 bits per heavy atom. The second-order valence-electron chi connectivity index (χ2n) is 10.3. The third kappa shape index (κ3) is 6.21. The Bertz CT molecular complexity index is 1850. The zero-order valence-electron chi connectivity index (χ0n) is 24.0.